The van der Waals surface area contributed by atoms with Gasteiger partial charge in [-0.3, -0.25) is 9.59 Å². The summed E-state index contributed by atoms with van der Waals surface area (Å²) < 4.78 is 4.98. The van der Waals surface area contributed by atoms with Crippen LogP contribution in [0.1, 0.15) is 64.9 Å². The maximum absolute atomic E-state index is 13.1. The molecule has 1 aromatic carbocycles. The van der Waals surface area contributed by atoms with E-state index in [2.05, 4.69) is 10.6 Å². The molecule has 0 bridgehead atoms. The molecule has 1 saturated carbocycles. The van der Waals surface area contributed by atoms with Crippen molar-refractivity contribution >= 4 is 23.9 Å². The van der Waals surface area contributed by atoms with Crippen LogP contribution in [0.3, 0.4) is 0 Å². The van der Waals surface area contributed by atoms with E-state index in [4.69, 9.17) is 4.74 Å². The van der Waals surface area contributed by atoms with Gasteiger partial charge < -0.3 is 20.5 Å². The zero-order valence-corrected chi connectivity index (χ0v) is 20.0. The third-order valence-corrected chi connectivity index (χ3v) is 6.02. The second kappa shape index (κ2) is 13.8. The third-order valence-electron chi connectivity index (χ3n) is 6.02. The molecule has 2 amide bonds. The molecule has 0 saturated heterocycles. The maximum Gasteiger partial charge on any atom is 0.337 e. The SMILES string of the molecule is CCOC(=O)[C@H](O)[C@H](CC1CCCCC1)NC(=O)[C@@H](NC(=O)/C=C/c1ccccc1)C(C)C. The summed E-state index contributed by atoms with van der Waals surface area (Å²) in [5, 5.41) is 16.2. The summed E-state index contributed by atoms with van der Waals surface area (Å²) >= 11 is 0. The molecule has 0 unspecified atom stereocenters. The van der Waals surface area contributed by atoms with Crippen LogP contribution < -0.4 is 10.6 Å². The fourth-order valence-electron chi connectivity index (χ4n) is 4.19. The lowest BCUT2D eigenvalue weighted by atomic mass is 9.83. The van der Waals surface area contributed by atoms with Crippen molar-refractivity contribution in [1.82, 2.24) is 10.6 Å². The molecule has 0 aliphatic heterocycles. The minimum absolute atomic E-state index is 0.151. The van der Waals surface area contributed by atoms with Gasteiger partial charge in [-0.05, 0) is 36.8 Å². The van der Waals surface area contributed by atoms with Crippen molar-refractivity contribution in [2.24, 2.45) is 11.8 Å². The Hall–Kier alpha value is -2.67. The lowest BCUT2D eigenvalue weighted by Gasteiger charge is -2.31. The Balaban J connectivity index is 2.07. The molecule has 1 aliphatic carbocycles. The lowest BCUT2D eigenvalue weighted by Crippen LogP contribution is -2.56. The van der Waals surface area contributed by atoms with Crippen LogP contribution in [0.25, 0.3) is 6.08 Å². The average molecular weight is 459 g/mol. The van der Waals surface area contributed by atoms with E-state index >= 15 is 0 Å². The number of esters is 1. The number of hydrogen-bond acceptors (Lipinski definition) is 5. The second-order valence-corrected chi connectivity index (χ2v) is 9.03. The number of hydrogen-bond donors (Lipinski definition) is 3. The van der Waals surface area contributed by atoms with Crippen molar-refractivity contribution in [2.45, 2.75) is 77.5 Å². The predicted molar refractivity (Wildman–Crippen MR) is 128 cm³/mol. The van der Waals surface area contributed by atoms with Crippen molar-refractivity contribution < 1.29 is 24.2 Å². The summed E-state index contributed by atoms with van der Waals surface area (Å²) in [5.74, 6) is -1.41. The Labute approximate surface area is 197 Å². The molecular weight excluding hydrogens is 420 g/mol. The molecule has 3 atom stereocenters. The molecule has 7 heteroatoms. The number of rotatable bonds is 11. The Morgan fingerprint density at radius 1 is 1.09 bits per heavy atom. The summed E-state index contributed by atoms with van der Waals surface area (Å²) in [7, 11) is 0. The van der Waals surface area contributed by atoms with Crippen LogP contribution in [0.5, 0.6) is 0 Å². The first kappa shape index (κ1) is 26.6. The van der Waals surface area contributed by atoms with Gasteiger partial charge in [0.25, 0.3) is 0 Å². The first-order valence-electron chi connectivity index (χ1n) is 12.0. The molecule has 7 nitrogen and oxygen atoms in total. The normalized spacial score (nSPS) is 17.4. The van der Waals surface area contributed by atoms with E-state index in [-0.39, 0.29) is 18.4 Å². The Morgan fingerprint density at radius 3 is 2.36 bits per heavy atom. The fourth-order valence-corrected chi connectivity index (χ4v) is 4.19. The van der Waals surface area contributed by atoms with E-state index in [1.54, 1.807) is 13.0 Å². The number of aliphatic hydroxyl groups is 1. The van der Waals surface area contributed by atoms with Crippen LogP contribution in [0.15, 0.2) is 36.4 Å². The van der Waals surface area contributed by atoms with Gasteiger partial charge in [-0.15, -0.1) is 0 Å². The van der Waals surface area contributed by atoms with Crippen molar-refractivity contribution in [3.63, 3.8) is 0 Å². The van der Waals surface area contributed by atoms with Gasteiger partial charge in [0.15, 0.2) is 6.10 Å². The molecule has 0 radical (unpaired) electrons. The van der Waals surface area contributed by atoms with Gasteiger partial charge >= 0.3 is 5.97 Å². The number of nitrogens with one attached hydrogen (secondary N) is 2. The van der Waals surface area contributed by atoms with Crippen LogP contribution in [0.2, 0.25) is 0 Å². The molecule has 1 aromatic rings. The van der Waals surface area contributed by atoms with Gasteiger partial charge in [0.1, 0.15) is 6.04 Å². The predicted octanol–water partition coefficient (Wildman–Crippen LogP) is 3.22. The molecule has 182 valence electrons. The van der Waals surface area contributed by atoms with E-state index in [1.807, 2.05) is 44.2 Å². The van der Waals surface area contributed by atoms with E-state index in [1.165, 1.54) is 12.5 Å². The van der Waals surface area contributed by atoms with Crippen molar-refractivity contribution in [2.75, 3.05) is 6.61 Å². The van der Waals surface area contributed by atoms with Crippen molar-refractivity contribution in [1.29, 1.82) is 0 Å². The van der Waals surface area contributed by atoms with E-state index in [9.17, 15) is 19.5 Å². The van der Waals surface area contributed by atoms with Gasteiger partial charge in [0.2, 0.25) is 11.8 Å². The Morgan fingerprint density at radius 2 is 1.76 bits per heavy atom. The molecule has 1 aliphatic rings. The van der Waals surface area contributed by atoms with Crippen LogP contribution in [-0.4, -0.2) is 47.7 Å². The van der Waals surface area contributed by atoms with Gasteiger partial charge in [-0.1, -0.05) is 76.3 Å². The highest BCUT2D eigenvalue weighted by atomic mass is 16.5. The average Bonchev–Trinajstić information content (AvgIpc) is 2.81. The molecule has 2 rings (SSSR count). The van der Waals surface area contributed by atoms with E-state index in [0.29, 0.717) is 12.3 Å². The molecule has 33 heavy (non-hydrogen) atoms. The molecule has 0 spiro atoms. The van der Waals surface area contributed by atoms with Gasteiger partial charge in [-0.25, -0.2) is 4.79 Å². The quantitative estimate of drug-likeness (QED) is 0.349. The molecule has 1 fully saturated rings. The van der Waals surface area contributed by atoms with Crippen molar-refractivity contribution in [3.8, 4) is 0 Å². The van der Waals surface area contributed by atoms with Crippen LogP contribution in [0, 0.1) is 11.8 Å². The lowest BCUT2D eigenvalue weighted by molar-refractivity contribution is -0.155. The standard InChI is InChI=1S/C26H38N2O5/c1-4-33-26(32)24(30)21(17-20-13-9-6-10-14-20)27-25(31)23(18(2)3)28-22(29)16-15-19-11-7-5-8-12-19/h5,7-8,11-12,15-16,18,20-21,23-24,30H,4,6,9-10,13-14,17H2,1-3H3,(H,27,31)(H,28,29)/b16-15+/t21-,23-,24+/m0/s1. The largest absolute Gasteiger partial charge is 0.464 e. The number of amides is 2. The van der Waals surface area contributed by atoms with Gasteiger partial charge in [0, 0.05) is 6.08 Å². The molecule has 0 aromatic heterocycles. The third kappa shape index (κ3) is 9.00. The van der Waals surface area contributed by atoms with Gasteiger partial charge in [0.05, 0.1) is 12.6 Å². The smallest absolute Gasteiger partial charge is 0.337 e. The van der Waals surface area contributed by atoms with E-state index in [0.717, 1.165) is 31.2 Å². The summed E-state index contributed by atoms with van der Waals surface area (Å²) in [4.78, 5) is 37.8. The second-order valence-electron chi connectivity index (χ2n) is 9.03. The highest BCUT2D eigenvalue weighted by Gasteiger charge is 2.34. The first-order chi connectivity index (χ1) is 15.8. The number of carbonyl (C=O) groups is 3. The van der Waals surface area contributed by atoms with Crippen molar-refractivity contribution in [3.05, 3.63) is 42.0 Å². The first-order valence-corrected chi connectivity index (χ1v) is 12.0. The minimum Gasteiger partial charge on any atom is -0.464 e. The fraction of sp³-hybridized carbons (Fsp3) is 0.577. The number of carbonyl (C=O) groups excluding carboxylic acids is 3. The van der Waals surface area contributed by atoms with Crippen LogP contribution in [-0.2, 0) is 19.1 Å². The van der Waals surface area contributed by atoms with E-state index < -0.39 is 30.1 Å². The maximum atomic E-state index is 13.1. The van der Waals surface area contributed by atoms with Crippen LogP contribution in [0.4, 0.5) is 0 Å². The van der Waals surface area contributed by atoms with Gasteiger partial charge in [-0.2, -0.15) is 0 Å². The molecular formula is C26H38N2O5. The summed E-state index contributed by atoms with van der Waals surface area (Å²) in [5.41, 5.74) is 0.878. The Bertz CT molecular complexity index is 787. The Kier molecular flexibility index (Phi) is 11.1. The molecule has 0 heterocycles. The number of ether oxygens (including phenoxy) is 1. The highest BCUT2D eigenvalue weighted by Crippen LogP contribution is 2.28. The number of aliphatic hydroxyl groups excluding tert-OH is 1. The summed E-state index contributed by atoms with van der Waals surface area (Å²) in [6.07, 6.45) is 7.55. The minimum atomic E-state index is -1.45. The zero-order chi connectivity index (χ0) is 24.2. The highest BCUT2D eigenvalue weighted by molar-refractivity contribution is 5.95. The summed E-state index contributed by atoms with van der Waals surface area (Å²) in [6.45, 7) is 5.50. The topological polar surface area (TPSA) is 105 Å². The van der Waals surface area contributed by atoms with Crippen LogP contribution >= 0.6 is 0 Å². The monoisotopic (exact) mass is 458 g/mol. The number of benzene rings is 1. The zero-order valence-electron chi connectivity index (χ0n) is 20.0. The molecule has 3 N–H and O–H groups in total. The summed E-state index contributed by atoms with van der Waals surface area (Å²) in [6, 6.07) is 7.84.